The van der Waals surface area contributed by atoms with E-state index in [1.165, 1.54) is 0 Å². The Balaban J connectivity index is 2.58. The highest BCUT2D eigenvalue weighted by Crippen LogP contribution is 2.43. The molecule has 0 heterocycles. The number of hydrogen-bond acceptors (Lipinski definition) is 3. The van der Waals surface area contributed by atoms with Crippen LogP contribution >= 0.6 is 0 Å². The summed E-state index contributed by atoms with van der Waals surface area (Å²) in [6, 6.07) is 7.49. The largest absolute Gasteiger partial charge is 0.479 e. The number of hydrogen-bond donors (Lipinski definition) is 2. The lowest BCUT2D eigenvalue weighted by molar-refractivity contribution is -0.195. The van der Waals surface area contributed by atoms with Crippen molar-refractivity contribution in [3.05, 3.63) is 35.4 Å². The van der Waals surface area contributed by atoms with E-state index in [9.17, 15) is 9.90 Å². The molecule has 0 amide bonds. The van der Waals surface area contributed by atoms with Gasteiger partial charge in [0, 0.05) is 30.0 Å². The van der Waals surface area contributed by atoms with Crippen molar-refractivity contribution in [2.75, 3.05) is 6.54 Å². The minimum Gasteiger partial charge on any atom is -0.479 e. The van der Waals surface area contributed by atoms with Gasteiger partial charge in [0.2, 0.25) is 5.60 Å². The summed E-state index contributed by atoms with van der Waals surface area (Å²) in [6.07, 6.45) is 5.67. The van der Waals surface area contributed by atoms with Gasteiger partial charge in [-0.25, -0.2) is 10.3 Å². The highest BCUT2D eigenvalue weighted by atomic mass is 16.7. The van der Waals surface area contributed by atoms with Crippen molar-refractivity contribution in [2.24, 2.45) is 5.92 Å². The van der Waals surface area contributed by atoms with Gasteiger partial charge in [-0.3, -0.25) is 4.84 Å². The quantitative estimate of drug-likeness (QED) is 0.615. The van der Waals surface area contributed by atoms with Crippen LogP contribution in [0.25, 0.3) is 0 Å². The van der Waals surface area contributed by atoms with Gasteiger partial charge in [0.15, 0.2) is 0 Å². The molecule has 1 atom stereocenters. The van der Waals surface area contributed by atoms with Crippen LogP contribution < -0.4 is 5.48 Å². The predicted molar refractivity (Wildman–Crippen MR) is 94.3 cm³/mol. The Labute approximate surface area is 144 Å². The standard InChI is InChI=1S/C20H27NO3/c1-3-5-11-16-12-9-10-15-18(16)20(19(22)23,24-21-4-2)17-13-7-6-8-14-17/h9-10,12,15,17,21H,3-4,6-8,13-14H2,1-2H3,(H,22,23). The summed E-state index contributed by atoms with van der Waals surface area (Å²) < 4.78 is 0. The van der Waals surface area contributed by atoms with Crippen LogP contribution in [0.15, 0.2) is 24.3 Å². The minimum atomic E-state index is -1.39. The van der Waals surface area contributed by atoms with Crippen LogP contribution in [0.3, 0.4) is 0 Å². The zero-order valence-electron chi connectivity index (χ0n) is 14.6. The summed E-state index contributed by atoms with van der Waals surface area (Å²) in [5, 5.41) is 10.2. The molecule has 0 radical (unpaired) electrons. The van der Waals surface area contributed by atoms with E-state index < -0.39 is 11.6 Å². The number of aliphatic carboxylic acids is 1. The molecule has 1 unspecified atom stereocenters. The van der Waals surface area contributed by atoms with E-state index >= 15 is 0 Å². The molecule has 0 saturated heterocycles. The van der Waals surface area contributed by atoms with Gasteiger partial charge in [-0.05, 0) is 18.9 Å². The van der Waals surface area contributed by atoms with Gasteiger partial charge >= 0.3 is 5.97 Å². The fourth-order valence-corrected chi connectivity index (χ4v) is 3.49. The van der Waals surface area contributed by atoms with E-state index in [0.717, 1.165) is 44.1 Å². The lowest BCUT2D eigenvalue weighted by Crippen LogP contribution is -2.50. The zero-order valence-corrected chi connectivity index (χ0v) is 14.6. The second kappa shape index (κ2) is 8.86. The Morgan fingerprint density at radius 2 is 2.00 bits per heavy atom. The fourth-order valence-electron chi connectivity index (χ4n) is 3.49. The van der Waals surface area contributed by atoms with Crippen LogP contribution in [0.2, 0.25) is 0 Å². The Morgan fingerprint density at radius 1 is 1.29 bits per heavy atom. The normalized spacial score (nSPS) is 17.6. The van der Waals surface area contributed by atoms with Crippen LogP contribution in [-0.2, 0) is 15.2 Å². The van der Waals surface area contributed by atoms with E-state index in [1.807, 2.05) is 38.1 Å². The van der Waals surface area contributed by atoms with Gasteiger partial charge in [-0.15, -0.1) is 0 Å². The van der Waals surface area contributed by atoms with E-state index in [-0.39, 0.29) is 5.92 Å². The van der Waals surface area contributed by atoms with E-state index in [0.29, 0.717) is 12.1 Å². The molecule has 24 heavy (non-hydrogen) atoms. The van der Waals surface area contributed by atoms with Crippen molar-refractivity contribution < 1.29 is 14.7 Å². The van der Waals surface area contributed by atoms with Gasteiger partial charge in [0.1, 0.15) is 0 Å². The molecule has 1 aliphatic carbocycles. The van der Waals surface area contributed by atoms with Gasteiger partial charge in [-0.2, -0.15) is 0 Å². The Kier molecular flexibility index (Phi) is 6.84. The first-order valence-electron chi connectivity index (χ1n) is 8.89. The maximum Gasteiger partial charge on any atom is 0.343 e. The first-order chi connectivity index (χ1) is 11.7. The molecule has 1 saturated carbocycles. The number of hydroxylamine groups is 1. The molecule has 1 aromatic carbocycles. The van der Waals surface area contributed by atoms with Gasteiger partial charge in [0.25, 0.3) is 0 Å². The summed E-state index contributed by atoms with van der Waals surface area (Å²) in [5.41, 5.74) is 2.83. The summed E-state index contributed by atoms with van der Waals surface area (Å²) in [5.74, 6) is 5.17. The Morgan fingerprint density at radius 3 is 2.62 bits per heavy atom. The third kappa shape index (κ3) is 3.80. The number of nitrogens with one attached hydrogen (secondary N) is 1. The van der Waals surface area contributed by atoms with E-state index in [4.69, 9.17) is 4.84 Å². The van der Waals surface area contributed by atoms with Gasteiger partial charge in [0.05, 0.1) is 0 Å². The molecule has 2 N–H and O–H groups in total. The number of carboxylic acids is 1. The van der Waals surface area contributed by atoms with Crippen LogP contribution in [0.1, 0.15) is 63.5 Å². The summed E-state index contributed by atoms with van der Waals surface area (Å²) in [7, 11) is 0. The van der Waals surface area contributed by atoms with Gasteiger partial charge in [-0.1, -0.05) is 63.1 Å². The fraction of sp³-hybridized carbons (Fsp3) is 0.550. The third-order valence-corrected chi connectivity index (χ3v) is 4.60. The second-order valence-corrected chi connectivity index (χ2v) is 6.18. The maximum absolute atomic E-state index is 12.4. The summed E-state index contributed by atoms with van der Waals surface area (Å²) in [4.78, 5) is 18.3. The highest BCUT2D eigenvalue weighted by molar-refractivity contribution is 5.81. The minimum absolute atomic E-state index is 0.0626. The molecule has 4 heteroatoms. The second-order valence-electron chi connectivity index (χ2n) is 6.18. The van der Waals surface area contributed by atoms with Crippen LogP contribution in [0, 0.1) is 17.8 Å². The van der Waals surface area contributed by atoms with E-state index in [1.54, 1.807) is 0 Å². The molecule has 2 rings (SSSR count). The predicted octanol–water partition coefficient (Wildman–Crippen LogP) is 3.85. The van der Waals surface area contributed by atoms with Crippen molar-refractivity contribution in [2.45, 2.75) is 58.0 Å². The Hall–Kier alpha value is -1.83. The monoisotopic (exact) mass is 329 g/mol. The number of rotatable bonds is 6. The average Bonchev–Trinajstić information content (AvgIpc) is 2.62. The topological polar surface area (TPSA) is 58.6 Å². The smallest absolute Gasteiger partial charge is 0.343 e. The number of benzene rings is 1. The van der Waals surface area contributed by atoms with Crippen molar-refractivity contribution in [3.8, 4) is 11.8 Å². The summed E-state index contributed by atoms with van der Waals surface area (Å²) >= 11 is 0. The average molecular weight is 329 g/mol. The van der Waals surface area contributed by atoms with Crippen molar-refractivity contribution in [3.63, 3.8) is 0 Å². The van der Waals surface area contributed by atoms with Gasteiger partial charge < -0.3 is 5.11 Å². The van der Waals surface area contributed by atoms with Crippen LogP contribution in [-0.4, -0.2) is 17.6 Å². The zero-order chi connectivity index (χ0) is 17.4. The molecule has 0 aliphatic heterocycles. The number of carbonyl (C=O) groups is 1. The lowest BCUT2D eigenvalue weighted by atomic mass is 9.72. The highest BCUT2D eigenvalue weighted by Gasteiger charge is 2.50. The molecule has 130 valence electrons. The molecular formula is C20H27NO3. The van der Waals surface area contributed by atoms with E-state index in [2.05, 4.69) is 17.3 Å². The SMILES string of the molecule is CCC#Cc1ccccc1C(ONCC)(C(=O)O)C1CCCCC1. The third-order valence-electron chi connectivity index (χ3n) is 4.60. The van der Waals surface area contributed by atoms with Crippen LogP contribution in [0.5, 0.6) is 0 Å². The Bertz CT molecular complexity index is 611. The summed E-state index contributed by atoms with van der Waals surface area (Å²) in [6.45, 7) is 4.43. The molecule has 0 spiro atoms. The molecule has 1 aliphatic rings. The first-order valence-corrected chi connectivity index (χ1v) is 8.89. The molecule has 1 aromatic rings. The molecular weight excluding hydrogens is 302 g/mol. The molecule has 4 nitrogen and oxygen atoms in total. The van der Waals surface area contributed by atoms with Crippen molar-refractivity contribution in [1.29, 1.82) is 0 Å². The molecule has 1 fully saturated rings. The lowest BCUT2D eigenvalue weighted by Gasteiger charge is -2.39. The van der Waals surface area contributed by atoms with Crippen molar-refractivity contribution in [1.82, 2.24) is 5.48 Å². The molecule has 0 bridgehead atoms. The maximum atomic E-state index is 12.4. The van der Waals surface area contributed by atoms with Crippen molar-refractivity contribution >= 4 is 5.97 Å². The van der Waals surface area contributed by atoms with Crippen LogP contribution in [0.4, 0.5) is 0 Å². The first kappa shape index (κ1) is 18.5. The number of carboxylic acid groups (broad SMARTS) is 1. The molecule has 0 aromatic heterocycles.